The fourth-order valence-corrected chi connectivity index (χ4v) is 8.17. The molecule has 244 valence electrons. The summed E-state index contributed by atoms with van der Waals surface area (Å²) in [7, 11) is 0. The van der Waals surface area contributed by atoms with Gasteiger partial charge in [0.15, 0.2) is 0 Å². The Kier molecular flexibility index (Phi) is 9.03. The van der Waals surface area contributed by atoms with Crippen molar-refractivity contribution in [1.29, 1.82) is 0 Å². The third-order valence-corrected chi connectivity index (χ3v) is 10.9. The summed E-state index contributed by atoms with van der Waals surface area (Å²) in [5.74, 6) is 2.03. The lowest BCUT2D eigenvalue weighted by molar-refractivity contribution is 0.435. The molecule has 0 aliphatic heterocycles. The Hall–Kier alpha value is -3.64. The molecule has 0 N–H and O–H groups in total. The van der Waals surface area contributed by atoms with Crippen molar-refractivity contribution < 1.29 is 0 Å². The third kappa shape index (κ3) is 6.59. The molecule has 2 aliphatic rings. The lowest BCUT2D eigenvalue weighted by Gasteiger charge is -2.30. The maximum Gasteiger partial charge on any atom is 0.00629 e. The van der Waals surface area contributed by atoms with E-state index < -0.39 is 0 Å². The van der Waals surface area contributed by atoms with Gasteiger partial charge in [-0.2, -0.15) is 0 Å². The molecule has 4 aromatic carbocycles. The molecule has 47 heavy (non-hydrogen) atoms. The highest BCUT2D eigenvalue weighted by Crippen LogP contribution is 2.53. The van der Waals surface area contributed by atoms with Crippen molar-refractivity contribution in [1.82, 2.24) is 0 Å². The standard InChI is InChI=1S/C47H56/c1-30(2)32-20-24-34(25-21-32)36-14-11-16-38-40(44(28-42(36)38)46(5,6)7)18-13-19-41-39-17-12-15-37(43(39)29-45(41)47(8,9)10)35-26-22-33(23-27-35)31(3)4/h11-12,14-17,20-31,40-41H,13,18-19H2,1-10H3. The van der Waals surface area contributed by atoms with Crippen molar-refractivity contribution in [2.24, 2.45) is 10.8 Å². The van der Waals surface area contributed by atoms with Crippen LogP contribution in [0.15, 0.2) is 96.1 Å². The van der Waals surface area contributed by atoms with Crippen molar-refractivity contribution in [3.63, 3.8) is 0 Å². The first kappa shape index (κ1) is 33.3. The third-order valence-electron chi connectivity index (χ3n) is 10.9. The second-order valence-electron chi connectivity index (χ2n) is 16.9. The number of fused-ring (bicyclic) bond motifs is 2. The molecule has 0 aromatic heterocycles. The summed E-state index contributed by atoms with van der Waals surface area (Å²) in [6.45, 7) is 23.5. The number of rotatable bonds is 8. The zero-order chi connectivity index (χ0) is 33.7. The van der Waals surface area contributed by atoms with Gasteiger partial charge in [-0.15, -0.1) is 0 Å². The summed E-state index contributed by atoms with van der Waals surface area (Å²) in [6.07, 6.45) is 8.67. The molecule has 2 atom stereocenters. The fourth-order valence-electron chi connectivity index (χ4n) is 8.17. The topological polar surface area (TPSA) is 0 Å². The minimum atomic E-state index is 0.124. The van der Waals surface area contributed by atoms with Gasteiger partial charge in [0, 0.05) is 11.8 Å². The van der Waals surface area contributed by atoms with Crippen molar-refractivity contribution in [3.05, 3.63) is 129 Å². The molecule has 6 rings (SSSR count). The minimum Gasteiger partial charge on any atom is -0.0613 e. The first-order chi connectivity index (χ1) is 22.2. The van der Waals surface area contributed by atoms with Crippen LogP contribution in [0, 0.1) is 10.8 Å². The maximum absolute atomic E-state index is 2.55. The highest BCUT2D eigenvalue weighted by atomic mass is 14.4. The average molecular weight is 621 g/mol. The van der Waals surface area contributed by atoms with Crippen LogP contribution in [-0.2, 0) is 0 Å². The summed E-state index contributed by atoms with van der Waals surface area (Å²) >= 11 is 0. The molecule has 0 bridgehead atoms. The number of hydrogen-bond donors (Lipinski definition) is 0. The van der Waals surface area contributed by atoms with Gasteiger partial charge in [-0.25, -0.2) is 0 Å². The van der Waals surface area contributed by atoms with Gasteiger partial charge in [0.1, 0.15) is 0 Å². The van der Waals surface area contributed by atoms with E-state index in [1.165, 1.54) is 74.9 Å². The normalized spacial score (nSPS) is 17.6. The molecule has 0 fully saturated rings. The Bertz CT molecular complexity index is 1660. The Labute approximate surface area is 286 Å². The van der Waals surface area contributed by atoms with Crippen LogP contribution >= 0.6 is 0 Å². The van der Waals surface area contributed by atoms with Crippen LogP contribution in [-0.4, -0.2) is 0 Å². The Balaban J connectivity index is 1.29. The minimum absolute atomic E-state index is 0.124. The second kappa shape index (κ2) is 12.8. The number of allylic oxidation sites excluding steroid dienone is 2. The molecular weight excluding hydrogens is 565 g/mol. The van der Waals surface area contributed by atoms with E-state index in [9.17, 15) is 0 Å². The first-order valence-electron chi connectivity index (χ1n) is 18.1. The van der Waals surface area contributed by atoms with Crippen molar-refractivity contribution in [3.8, 4) is 22.3 Å². The second-order valence-corrected chi connectivity index (χ2v) is 16.9. The quantitative estimate of drug-likeness (QED) is 0.184. The summed E-state index contributed by atoms with van der Waals surface area (Å²) in [6, 6.07) is 32.6. The van der Waals surface area contributed by atoms with E-state index in [4.69, 9.17) is 0 Å². The SMILES string of the molecule is CC(C)c1ccc(-c2cccc3c2C=C(C(C)(C)C)C3CCCC2C(C(C)(C)C)=Cc3c(-c4ccc(C(C)C)cc4)cccc32)cc1. The van der Waals surface area contributed by atoms with Crippen molar-refractivity contribution >= 4 is 12.2 Å². The Morgan fingerprint density at radius 3 is 1.17 bits per heavy atom. The van der Waals surface area contributed by atoms with E-state index in [1.54, 1.807) is 11.1 Å². The highest BCUT2D eigenvalue weighted by molar-refractivity contribution is 5.83. The Morgan fingerprint density at radius 1 is 0.489 bits per heavy atom. The van der Waals surface area contributed by atoms with Crippen LogP contribution in [0.2, 0.25) is 0 Å². The zero-order valence-electron chi connectivity index (χ0n) is 30.7. The zero-order valence-corrected chi connectivity index (χ0v) is 30.7. The molecule has 0 saturated carbocycles. The largest absolute Gasteiger partial charge is 0.0613 e. The van der Waals surface area contributed by atoms with Crippen LogP contribution in [0.4, 0.5) is 0 Å². The molecule has 0 radical (unpaired) electrons. The molecule has 0 spiro atoms. The van der Waals surface area contributed by atoms with Gasteiger partial charge in [0.05, 0.1) is 0 Å². The van der Waals surface area contributed by atoms with Crippen molar-refractivity contribution in [2.45, 2.75) is 112 Å². The van der Waals surface area contributed by atoms with E-state index >= 15 is 0 Å². The summed E-state index contributed by atoms with van der Waals surface area (Å²) in [5, 5.41) is 0. The molecule has 0 amide bonds. The summed E-state index contributed by atoms with van der Waals surface area (Å²) in [5.41, 5.74) is 17.5. The van der Waals surface area contributed by atoms with Crippen molar-refractivity contribution in [2.75, 3.05) is 0 Å². The average Bonchev–Trinajstić information content (AvgIpc) is 3.60. The maximum atomic E-state index is 2.55. The molecule has 2 unspecified atom stereocenters. The molecule has 0 nitrogen and oxygen atoms in total. The van der Waals surface area contributed by atoms with Gasteiger partial charge in [0.25, 0.3) is 0 Å². The summed E-state index contributed by atoms with van der Waals surface area (Å²) in [4.78, 5) is 0. The lowest BCUT2D eigenvalue weighted by atomic mass is 9.74. The monoisotopic (exact) mass is 620 g/mol. The van der Waals surface area contributed by atoms with Crippen LogP contribution in [0.3, 0.4) is 0 Å². The number of hydrogen-bond acceptors (Lipinski definition) is 0. The van der Waals surface area contributed by atoms with Crippen LogP contribution in [0.1, 0.15) is 146 Å². The van der Waals surface area contributed by atoms with Gasteiger partial charge in [-0.1, -0.05) is 184 Å². The number of benzene rings is 4. The molecule has 0 heterocycles. The van der Waals surface area contributed by atoms with E-state index in [1.807, 2.05) is 0 Å². The lowest BCUT2D eigenvalue weighted by Crippen LogP contribution is -2.16. The smallest absolute Gasteiger partial charge is 0.00629 e. The van der Waals surface area contributed by atoms with E-state index in [-0.39, 0.29) is 10.8 Å². The van der Waals surface area contributed by atoms with Crippen LogP contribution in [0.25, 0.3) is 34.4 Å². The van der Waals surface area contributed by atoms with Crippen LogP contribution in [0.5, 0.6) is 0 Å². The molecule has 0 saturated heterocycles. The Morgan fingerprint density at radius 2 is 0.851 bits per heavy atom. The van der Waals surface area contributed by atoms with Crippen LogP contribution < -0.4 is 0 Å². The van der Waals surface area contributed by atoms with Gasteiger partial charge in [-0.05, 0) is 91.1 Å². The van der Waals surface area contributed by atoms with Gasteiger partial charge < -0.3 is 0 Å². The predicted octanol–water partition coefficient (Wildman–Crippen LogP) is 14.2. The predicted molar refractivity (Wildman–Crippen MR) is 206 cm³/mol. The molecule has 0 heteroatoms. The fraction of sp³-hybridized carbons (Fsp3) is 0.404. The van der Waals surface area contributed by atoms with Gasteiger partial charge >= 0.3 is 0 Å². The van der Waals surface area contributed by atoms with E-state index in [0.29, 0.717) is 23.7 Å². The summed E-state index contributed by atoms with van der Waals surface area (Å²) < 4.78 is 0. The first-order valence-corrected chi connectivity index (χ1v) is 18.1. The molecular formula is C47H56. The van der Waals surface area contributed by atoms with E-state index in [2.05, 4.69) is 166 Å². The highest BCUT2D eigenvalue weighted by Gasteiger charge is 2.36. The molecule has 2 aliphatic carbocycles. The van der Waals surface area contributed by atoms with E-state index in [0.717, 1.165) is 0 Å². The van der Waals surface area contributed by atoms with Gasteiger partial charge in [-0.3, -0.25) is 0 Å². The molecule has 4 aromatic rings. The van der Waals surface area contributed by atoms with Gasteiger partial charge in [0.2, 0.25) is 0 Å².